The summed E-state index contributed by atoms with van der Waals surface area (Å²) in [6, 6.07) is 0. The monoisotopic (exact) mass is 173 g/mol. The molecule has 0 bridgehead atoms. The lowest BCUT2D eigenvalue weighted by Gasteiger charge is -2.39. The molecular formula is C7H15N3O2. The predicted molar refractivity (Wildman–Crippen MR) is 44.0 cm³/mol. The molecule has 0 aromatic carbocycles. The molecule has 0 saturated carbocycles. The van der Waals surface area contributed by atoms with Crippen LogP contribution in [-0.4, -0.2) is 54.4 Å². The first kappa shape index (κ1) is 9.44. The molecule has 0 aromatic heterocycles. The summed E-state index contributed by atoms with van der Waals surface area (Å²) in [5, 5.41) is 9.45. The molecule has 1 rings (SSSR count). The van der Waals surface area contributed by atoms with E-state index in [2.05, 4.69) is 0 Å². The van der Waals surface area contributed by atoms with Crippen molar-refractivity contribution in [1.29, 1.82) is 0 Å². The maximum Gasteiger partial charge on any atom is 0.223 e. The number of nitrogens with two attached hydrogens (primary N) is 1. The second-order valence-corrected chi connectivity index (χ2v) is 3.32. The molecule has 0 spiro atoms. The van der Waals surface area contributed by atoms with Crippen LogP contribution in [0.1, 0.15) is 0 Å². The Balaban J connectivity index is 2.59. The van der Waals surface area contributed by atoms with Gasteiger partial charge in [-0.2, -0.15) is 0 Å². The molecule has 12 heavy (non-hydrogen) atoms. The van der Waals surface area contributed by atoms with E-state index in [-0.39, 0.29) is 11.8 Å². The highest BCUT2D eigenvalue weighted by atomic mass is 16.3. The average molecular weight is 173 g/mol. The summed E-state index contributed by atoms with van der Waals surface area (Å²) < 4.78 is 0. The molecule has 0 atom stereocenters. The summed E-state index contributed by atoms with van der Waals surface area (Å²) in [6.45, 7) is 1.06. The number of amides is 1. The Labute approximate surface area is 71.7 Å². The van der Waals surface area contributed by atoms with E-state index >= 15 is 0 Å². The normalized spacial score (nSPS) is 33.6. The third kappa shape index (κ3) is 1.74. The summed E-state index contributed by atoms with van der Waals surface area (Å²) >= 11 is 0. The fourth-order valence-electron chi connectivity index (χ4n) is 1.46. The SMILES string of the molecule is CN1CC(C(N)=O)CN(C)C1O. The summed E-state index contributed by atoms with van der Waals surface area (Å²) in [6.07, 6.45) is -0.597. The number of carbonyl (C=O) groups is 1. The molecule has 1 fully saturated rings. The molecule has 0 unspecified atom stereocenters. The average Bonchev–Trinajstić information content (AvgIpc) is 1.99. The van der Waals surface area contributed by atoms with Crippen molar-refractivity contribution in [3.05, 3.63) is 0 Å². The number of carbonyl (C=O) groups excluding carboxylic acids is 1. The Kier molecular flexibility index (Phi) is 2.66. The standard InChI is InChI=1S/C7H15N3O2/c1-9-3-5(6(8)11)4-10(2)7(9)12/h5,7,12H,3-4H2,1-2H3,(H2,8,11). The fraction of sp³-hybridized carbons (Fsp3) is 0.857. The zero-order valence-electron chi connectivity index (χ0n) is 7.40. The first-order chi connectivity index (χ1) is 5.52. The molecule has 5 nitrogen and oxygen atoms in total. The van der Waals surface area contributed by atoms with Crippen LogP contribution in [0, 0.1) is 5.92 Å². The van der Waals surface area contributed by atoms with Crippen molar-refractivity contribution < 1.29 is 9.90 Å². The highest BCUT2D eigenvalue weighted by molar-refractivity contribution is 5.77. The third-order valence-corrected chi connectivity index (χ3v) is 2.21. The van der Waals surface area contributed by atoms with E-state index < -0.39 is 6.35 Å². The lowest BCUT2D eigenvalue weighted by atomic mass is 10.1. The third-order valence-electron chi connectivity index (χ3n) is 2.21. The molecule has 1 aliphatic heterocycles. The van der Waals surface area contributed by atoms with Crippen LogP contribution in [0.3, 0.4) is 0 Å². The van der Waals surface area contributed by atoms with Gasteiger partial charge in [-0.15, -0.1) is 0 Å². The van der Waals surface area contributed by atoms with Crippen LogP contribution in [0.25, 0.3) is 0 Å². The van der Waals surface area contributed by atoms with Crippen molar-refractivity contribution in [3.63, 3.8) is 0 Å². The Morgan fingerprint density at radius 2 is 1.83 bits per heavy atom. The van der Waals surface area contributed by atoms with Crippen LogP contribution in [0.4, 0.5) is 0 Å². The van der Waals surface area contributed by atoms with Crippen LogP contribution < -0.4 is 5.73 Å². The molecular weight excluding hydrogens is 158 g/mol. The summed E-state index contributed by atoms with van der Waals surface area (Å²) in [5.41, 5.74) is 5.16. The molecule has 3 N–H and O–H groups in total. The first-order valence-electron chi connectivity index (χ1n) is 3.90. The number of hydrogen-bond donors (Lipinski definition) is 2. The van der Waals surface area contributed by atoms with Gasteiger partial charge in [0.15, 0.2) is 6.35 Å². The maximum atomic E-state index is 10.8. The molecule has 1 heterocycles. The minimum atomic E-state index is -0.597. The number of rotatable bonds is 1. The van der Waals surface area contributed by atoms with E-state index in [1.54, 1.807) is 23.9 Å². The van der Waals surface area contributed by atoms with Crippen molar-refractivity contribution in [2.75, 3.05) is 27.2 Å². The van der Waals surface area contributed by atoms with Gasteiger partial charge in [-0.05, 0) is 14.1 Å². The van der Waals surface area contributed by atoms with Gasteiger partial charge >= 0.3 is 0 Å². The summed E-state index contributed by atoms with van der Waals surface area (Å²) in [7, 11) is 3.52. The largest absolute Gasteiger partial charge is 0.369 e. The van der Waals surface area contributed by atoms with Gasteiger partial charge in [0.05, 0.1) is 5.92 Å². The molecule has 0 radical (unpaired) electrons. The van der Waals surface area contributed by atoms with Gasteiger partial charge in [-0.25, -0.2) is 0 Å². The van der Waals surface area contributed by atoms with E-state index in [1.807, 2.05) is 0 Å². The number of nitrogens with zero attached hydrogens (tertiary/aromatic N) is 2. The van der Waals surface area contributed by atoms with Crippen molar-refractivity contribution in [2.45, 2.75) is 6.35 Å². The first-order valence-corrected chi connectivity index (χ1v) is 3.90. The van der Waals surface area contributed by atoms with E-state index in [0.29, 0.717) is 13.1 Å². The van der Waals surface area contributed by atoms with Crippen LogP contribution in [-0.2, 0) is 4.79 Å². The maximum absolute atomic E-state index is 10.8. The molecule has 1 saturated heterocycles. The van der Waals surface area contributed by atoms with E-state index in [9.17, 15) is 9.90 Å². The minimum Gasteiger partial charge on any atom is -0.369 e. The highest BCUT2D eigenvalue weighted by Gasteiger charge is 2.30. The lowest BCUT2D eigenvalue weighted by molar-refractivity contribution is -0.145. The predicted octanol–water partition coefficient (Wildman–Crippen LogP) is -1.76. The summed E-state index contributed by atoms with van der Waals surface area (Å²) in [4.78, 5) is 14.2. The van der Waals surface area contributed by atoms with Gasteiger partial charge in [0, 0.05) is 13.1 Å². The van der Waals surface area contributed by atoms with Gasteiger partial charge in [-0.3, -0.25) is 14.6 Å². The lowest BCUT2D eigenvalue weighted by Crippen LogP contribution is -2.56. The second kappa shape index (κ2) is 3.38. The number of primary amides is 1. The van der Waals surface area contributed by atoms with Gasteiger partial charge in [0.2, 0.25) is 5.91 Å². The van der Waals surface area contributed by atoms with Gasteiger partial charge in [0.1, 0.15) is 0 Å². The van der Waals surface area contributed by atoms with Gasteiger partial charge < -0.3 is 10.8 Å². The molecule has 1 aliphatic rings. The van der Waals surface area contributed by atoms with Crippen LogP contribution in [0.15, 0.2) is 0 Å². The zero-order valence-corrected chi connectivity index (χ0v) is 7.40. The van der Waals surface area contributed by atoms with Crippen LogP contribution >= 0.6 is 0 Å². The molecule has 0 aromatic rings. The topological polar surface area (TPSA) is 69.8 Å². The van der Waals surface area contributed by atoms with Crippen LogP contribution in [0.2, 0.25) is 0 Å². The van der Waals surface area contributed by atoms with Crippen molar-refractivity contribution >= 4 is 5.91 Å². The van der Waals surface area contributed by atoms with Crippen molar-refractivity contribution in [2.24, 2.45) is 11.7 Å². The molecule has 0 aliphatic carbocycles. The van der Waals surface area contributed by atoms with E-state index in [0.717, 1.165) is 0 Å². The van der Waals surface area contributed by atoms with Crippen molar-refractivity contribution in [1.82, 2.24) is 9.80 Å². The quantitative estimate of drug-likeness (QED) is 0.493. The van der Waals surface area contributed by atoms with E-state index in [4.69, 9.17) is 5.73 Å². The smallest absolute Gasteiger partial charge is 0.223 e. The second-order valence-electron chi connectivity index (χ2n) is 3.32. The van der Waals surface area contributed by atoms with Gasteiger partial charge in [0.25, 0.3) is 0 Å². The van der Waals surface area contributed by atoms with Crippen molar-refractivity contribution in [3.8, 4) is 0 Å². The highest BCUT2D eigenvalue weighted by Crippen LogP contribution is 2.12. The number of aliphatic hydroxyl groups is 1. The van der Waals surface area contributed by atoms with Gasteiger partial charge in [-0.1, -0.05) is 0 Å². The molecule has 5 heteroatoms. The zero-order chi connectivity index (χ0) is 9.30. The molecule has 70 valence electrons. The van der Waals surface area contributed by atoms with Crippen LogP contribution in [0.5, 0.6) is 0 Å². The fourth-order valence-corrected chi connectivity index (χ4v) is 1.46. The number of hydrogen-bond acceptors (Lipinski definition) is 4. The molecule has 1 amide bonds. The minimum absolute atomic E-state index is 0.177. The number of aliphatic hydroxyl groups excluding tert-OH is 1. The van der Waals surface area contributed by atoms with E-state index in [1.165, 1.54) is 0 Å². The Morgan fingerprint density at radius 3 is 2.17 bits per heavy atom. The Bertz CT molecular complexity index is 173. The summed E-state index contributed by atoms with van der Waals surface area (Å²) in [5.74, 6) is -0.482. The Morgan fingerprint density at radius 1 is 1.42 bits per heavy atom. The Hall–Kier alpha value is -0.650.